The van der Waals surface area contributed by atoms with Crippen LogP contribution in [0.2, 0.25) is 15.3 Å². The average Bonchev–Trinajstić information content (AvgIpc) is 3.33. The molecule has 10 heteroatoms. The van der Waals surface area contributed by atoms with E-state index in [1.54, 1.807) is 18.2 Å². The molecule has 0 radical (unpaired) electrons. The minimum absolute atomic E-state index is 0.164. The van der Waals surface area contributed by atoms with E-state index in [0.717, 1.165) is 18.5 Å². The summed E-state index contributed by atoms with van der Waals surface area (Å²) in [5.74, 6) is 0.296. The molecule has 0 spiro atoms. The Labute approximate surface area is 182 Å². The fraction of sp³-hybridized carbons (Fsp3) is 0.368. The molecule has 1 aromatic carbocycles. The number of nitrogens with one attached hydrogen (secondary N) is 2. The quantitative estimate of drug-likeness (QED) is 0.416. The summed E-state index contributed by atoms with van der Waals surface area (Å²) < 4.78 is 2.09. The van der Waals surface area contributed by atoms with Gasteiger partial charge < -0.3 is 15.2 Å². The van der Waals surface area contributed by atoms with Gasteiger partial charge in [0.1, 0.15) is 0 Å². The molecule has 1 amide bonds. The van der Waals surface area contributed by atoms with Crippen LogP contribution in [0.1, 0.15) is 42.1 Å². The highest BCUT2D eigenvalue weighted by Gasteiger charge is 2.21. The van der Waals surface area contributed by atoms with E-state index in [2.05, 4.69) is 30.2 Å². The molecule has 0 saturated heterocycles. The molecule has 2 aromatic heterocycles. The average molecular weight is 454 g/mol. The summed E-state index contributed by atoms with van der Waals surface area (Å²) in [6.07, 6.45) is 6.48. The summed E-state index contributed by atoms with van der Waals surface area (Å²) in [6, 6.07) is 5.12. The van der Waals surface area contributed by atoms with Crippen LogP contribution in [0.3, 0.4) is 0 Å². The maximum absolute atomic E-state index is 12.3. The third-order valence-corrected chi connectivity index (χ3v) is 5.55. The standard InChI is InChI=1S/C19H19Cl3N6O/c20-12-7-11(8-13(21)9-12)18(29)24-6-5-23-16-15-17(27-19(22)26-16)28(10-25-15)14-3-1-2-4-14/h7-10,14H,1-6H2,(H,24,29)(H,23,26,27). The van der Waals surface area contributed by atoms with Crippen molar-refractivity contribution in [3.63, 3.8) is 0 Å². The highest BCUT2D eigenvalue weighted by molar-refractivity contribution is 6.35. The third-order valence-electron chi connectivity index (χ3n) is 4.94. The van der Waals surface area contributed by atoms with E-state index in [1.807, 2.05) is 6.33 Å². The first-order chi connectivity index (χ1) is 14.0. The lowest BCUT2D eigenvalue weighted by molar-refractivity contribution is 0.0955. The molecular weight excluding hydrogens is 435 g/mol. The van der Waals surface area contributed by atoms with E-state index in [0.29, 0.717) is 46.1 Å². The highest BCUT2D eigenvalue weighted by atomic mass is 35.5. The summed E-state index contributed by atoms with van der Waals surface area (Å²) in [4.78, 5) is 25.4. The Kier molecular flexibility index (Phi) is 6.08. The Balaban J connectivity index is 1.41. The van der Waals surface area contributed by atoms with Crippen molar-refractivity contribution in [2.45, 2.75) is 31.7 Å². The van der Waals surface area contributed by atoms with Crippen molar-refractivity contribution in [2.24, 2.45) is 0 Å². The number of anilines is 1. The zero-order valence-corrected chi connectivity index (χ0v) is 17.7. The molecular formula is C19H19Cl3N6O. The number of carbonyl (C=O) groups is 1. The van der Waals surface area contributed by atoms with Gasteiger partial charge >= 0.3 is 0 Å². The third kappa shape index (κ3) is 4.57. The van der Waals surface area contributed by atoms with Crippen LogP contribution in [0.15, 0.2) is 24.5 Å². The lowest BCUT2D eigenvalue weighted by atomic mass is 10.2. The molecule has 152 valence electrons. The lowest BCUT2D eigenvalue weighted by Crippen LogP contribution is -2.29. The van der Waals surface area contributed by atoms with Crippen LogP contribution in [0, 0.1) is 0 Å². The molecule has 0 atom stereocenters. The van der Waals surface area contributed by atoms with Crippen LogP contribution in [-0.2, 0) is 0 Å². The van der Waals surface area contributed by atoms with Gasteiger partial charge in [0.2, 0.25) is 5.28 Å². The van der Waals surface area contributed by atoms with Crippen molar-refractivity contribution in [3.8, 4) is 0 Å². The smallest absolute Gasteiger partial charge is 0.251 e. The number of amides is 1. The fourth-order valence-electron chi connectivity index (χ4n) is 3.61. The number of aromatic nitrogens is 4. The van der Waals surface area contributed by atoms with Crippen LogP contribution < -0.4 is 10.6 Å². The Morgan fingerprint density at radius 2 is 1.79 bits per heavy atom. The van der Waals surface area contributed by atoms with Crippen LogP contribution in [0.5, 0.6) is 0 Å². The number of fused-ring (bicyclic) bond motifs is 1. The van der Waals surface area contributed by atoms with Crippen molar-refractivity contribution >= 4 is 57.7 Å². The van der Waals surface area contributed by atoms with E-state index in [1.165, 1.54) is 12.8 Å². The van der Waals surface area contributed by atoms with Crippen LogP contribution in [0.4, 0.5) is 5.82 Å². The maximum atomic E-state index is 12.3. The lowest BCUT2D eigenvalue weighted by Gasteiger charge is -2.12. The first-order valence-corrected chi connectivity index (χ1v) is 10.5. The Hall–Kier alpha value is -2.09. The molecule has 1 aliphatic rings. The SMILES string of the molecule is O=C(NCCNc1nc(Cl)nc2c1ncn2C1CCCC1)c1cc(Cl)cc(Cl)c1. The molecule has 0 aliphatic heterocycles. The van der Waals surface area contributed by atoms with E-state index in [-0.39, 0.29) is 11.2 Å². The normalized spacial score (nSPS) is 14.4. The van der Waals surface area contributed by atoms with E-state index in [9.17, 15) is 4.79 Å². The van der Waals surface area contributed by atoms with Crippen molar-refractivity contribution in [1.29, 1.82) is 0 Å². The number of halogens is 3. The van der Waals surface area contributed by atoms with Gasteiger partial charge in [0.15, 0.2) is 17.0 Å². The number of hydrogen-bond acceptors (Lipinski definition) is 5. The summed E-state index contributed by atoms with van der Waals surface area (Å²) in [5.41, 5.74) is 1.82. The maximum Gasteiger partial charge on any atom is 0.251 e. The second kappa shape index (κ2) is 8.73. The van der Waals surface area contributed by atoms with Gasteiger partial charge in [0.25, 0.3) is 5.91 Å². The van der Waals surface area contributed by atoms with Crippen molar-refractivity contribution in [2.75, 3.05) is 18.4 Å². The van der Waals surface area contributed by atoms with Crippen LogP contribution >= 0.6 is 34.8 Å². The zero-order chi connectivity index (χ0) is 20.4. The second-order valence-electron chi connectivity index (χ2n) is 6.94. The zero-order valence-electron chi connectivity index (χ0n) is 15.5. The summed E-state index contributed by atoms with van der Waals surface area (Å²) in [6.45, 7) is 0.814. The molecule has 1 saturated carbocycles. The summed E-state index contributed by atoms with van der Waals surface area (Å²) in [5, 5.41) is 6.99. The van der Waals surface area contributed by atoms with Gasteiger partial charge in [0, 0.05) is 34.7 Å². The van der Waals surface area contributed by atoms with E-state index in [4.69, 9.17) is 34.8 Å². The molecule has 0 bridgehead atoms. The number of hydrogen-bond donors (Lipinski definition) is 2. The van der Waals surface area contributed by atoms with Gasteiger partial charge in [0.05, 0.1) is 6.33 Å². The number of rotatable bonds is 6. The highest BCUT2D eigenvalue weighted by Crippen LogP contribution is 2.32. The van der Waals surface area contributed by atoms with E-state index >= 15 is 0 Å². The Morgan fingerprint density at radius 1 is 1.07 bits per heavy atom. The first kappa shape index (κ1) is 20.2. The Morgan fingerprint density at radius 3 is 2.52 bits per heavy atom. The van der Waals surface area contributed by atoms with E-state index < -0.39 is 0 Å². The van der Waals surface area contributed by atoms with Gasteiger partial charge in [-0.25, -0.2) is 4.98 Å². The molecule has 29 heavy (non-hydrogen) atoms. The summed E-state index contributed by atoms with van der Waals surface area (Å²) in [7, 11) is 0. The summed E-state index contributed by atoms with van der Waals surface area (Å²) >= 11 is 18.0. The van der Waals surface area contributed by atoms with Crippen molar-refractivity contribution in [3.05, 3.63) is 45.4 Å². The molecule has 0 unspecified atom stereocenters. The van der Waals surface area contributed by atoms with Gasteiger partial charge in [-0.1, -0.05) is 36.0 Å². The Bertz CT molecular complexity index is 1030. The predicted octanol–water partition coefficient (Wildman–Crippen LogP) is 4.74. The molecule has 2 N–H and O–H groups in total. The number of carbonyl (C=O) groups excluding carboxylic acids is 1. The topological polar surface area (TPSA) is 84.7 Å². The largest absolute Gasteiger partial charge is 0.366 e. The molecule has 4 rings (SSSR count). The number of benzene rings is 1. The molecule has 7 nitrogen and oxygen atoms in total. The molecule has 1 aliphatic carbocycles. The van der Waals surface area contributed by atoms with Crippen molar-refractivity contribution < 1.29 is 4.79 Å². The van der Waals surface area contributed by atoms with Crippen molar-refractivity contribution in [1.82, 2.24) is 24.8 Å². The molecule has 2 heterocycles. The van der Waals surface area contributed by atoms with Gasteiger partial charge in [-0.2, -0.15) is 9.97 Å². The minimum Gasteiger partial charge on any atom is -0.366 e. The number of imidazole rings is 1. The first-order valence-electron chi connectivity index (χ1n) is 9.39. The predicted molar refractivity (Wildman–Crippen MR) is 115 cm³/mol. The molecule has 3 aromatic rings. The molecule has 1 fully saturated rings. The van der Waals surface area contributed by atoms with Gasteiger partial charge in [-0.3, -0.25) is 4.79 Å². The minimum atomic E-state index is -0.257. The van der Waals surface area contributed by atoms with Crippen LogP contribution in [-0.4, -0.2) is 38.5 Å². The monoisotopic (exact) mass is 452 g/mol. The second-order valence-corrected chi connectivity index (χ2v) is 8.16. The number of nitrogens with zero attached hydrogens (tertiary/aromatic N) is 4. The van der Waals surface area contributed by atoms with Gasteiger partial charge in [-0.15, -0.1) is 0 Å². The van der Waals surface area contributed by atoms with Crippen LogP contribution in [0.25, 0.3) is 11.2 Å². The fourth-order valence-corrected chi connectivity index (χ4v) is 4.30. The van der Waals surface area contributed by atoms with Gasteiger partial charge in [-0.05, 0) is 42.6 Å².